The van der Waals surface area contributed by atoms with Crippen molar-refractivity contribution in [1.29, 1.82) is 0 Å². The lowest BCUT2D eigenvalue weighted by Gasteiger charge is -2.12. The molecule has 0 bridgehead atoms. The smallest absolute Gasteiger partial charge is 0.417 e. The van der Waals surface area contributed by atoms with Crippen molar-refractivity contribution in [3.63, 3.8) is 0 Å². The molecule has 1 saturated carbocycles. The van der Waals surface area contributed by atoms with Gasteiger partial charge in [-0.15, -0.1) is 0 Å². The van der Waals surface area contributed by atoms with Gasteiger partial charge < -0.3 is 9.26 Å². The Morgan fingerprint density at radius 3 is 2.56 bits per heavy atom. The number of hydrogen-bond donors (Lipinski definition) is 1. The molecule has 0 aromatic carbocycles. The summed E-state index contributed by atoms with van der Waals surface area (Å²) in [5.74, 6) is -0.656. The standard InChI is InChI=1S/C14H14F3N3O4S/c1-13(3-4-13)10-6-11(24-19-10)20-25(21,22)9-5-8(14(15,16)17)7-18-12(9)23-2/h5-7,20H,3-4H2,1-2H3. The zero-order chi connectivity index (χ0) is 18.5. The number of alkyl halides is 3. The molecule has 25 heavy (non-hydrogen) atoms. The van der Waals surface area contributed by atoms with Crippen molar-refractivity contribution in [3.8, 4) is 5.88 Å². The van der Waals surface area contributed by atoms with Crippen LogP contribution in [0, 0.1) is 0 Å². The number of nitrogens with zero attached hydrogens (tertiary/aromatic N) is 2. The Hall–Kier alpha value is -2.30. The maximum absolute atomic E-state index is 12.8. The van der Waals surface area contributed by atoms with Crippen molar-refractivity contribution >= 4 is 15.9 Å². The first-order valence-corrected chi connectivity index (χ1v) is 8.65. The maximum atomic E-state index is 12.8. The summed E-state index contributed by atoms with van der Waals surface area (Å²) in [6.45, 7) is 1.95. The normalized spacial score (nSPS) is 16.5. The van der Waals surface area contributed by atoms with E-state index in [1.165, 1.54) is 6.07 Å². The first-order valence-electron chi connectivity index (χ1n) is 7.16. The van der Waals surface area contributed by atoms with Crippen LogP contribution in [-0.4, -0.2) is 25.7 Å². The van der Waals surface area contributed by atoms with Crippen LogP contribution in [0.4, 0.5) is 19.1 Å². The Labute approximate surface area is 141 Å². The van der Waals surface area contributed by atoms with Gasteiger partial charge in [-0.1, -0.05) is 12.1 Å². The minimum atomic E-state index is -4.75. The van der Waals surface area contributed by atoms with Crippen molar-refractivity contribution in [1.82, 2.24) is 10.1 Å². The van der Waals surface area contributed by atoms with Crippen molar-refractivity contribution in [2.75, 3.05) is 11.8 Å². The second kappa shape index (κ2) is 5.61. The average molecular weight is 377 g/mol. The Morgan fingerprint density at radius 1 is 1.32 bits per heavy atom. The third-order valence-electron chi connectivity index (χ3n) is 3.99. The summed E-state index contributed by atoms with van der Waals surface area (Å²) in [4.78, 5) is 2.67. The SMILES string of the molecule is COc1ncc(C(F)(F)F)cc1S(=O)(=O)Nc1cc(C2(C)CC2)no1. The Morgan fingerprint density at radius 2 is 2.00 bits per heavy atom. The molecule has 1 fully saturated rings. The van der Waals surface area contributed by atoms with Crippen LogP contribution in [0.25, 0.3) is 0 Å². The van der Waals surface area contributed by atoms with Gasteiger partial charge in [0.2, 0.25) is 11.8 Å². The molecule has 7 nitrogen and oxygen atoms in total. The molecule has 2 heterocycles. The number of aromatic nitrogens is 2. The van der Waals surface area contributed by atoms with E-state index in [4.69, 9.17) is 9.26 Å². The molecule has 2 aromatic heterocycles. The van der Waals surface area contributed by atoms with Gasteiger partial charge in [0, 0.05) is 17.7 Å². The van der Waals surface area contributed by atoms with Crippen LogP contribution in [-0.2, 0) is 21.6 Å². The molecule has 1 N–H and O–H groups in total. The summed E-state index contributed by atoms with van der Waals surface area (Å²) in [5, 5.41) is 3.80. The van der Waals surface area contributed by atoms with E-state index in [2.05, 4.69) is 14.9 Å². The quantitative estimate of drug-likeness (QED) is 0.861. The van der Waals surface area contributed by atoms with Crippen LogP contribution >= 0.6 is 0 Å². The lowest BCUT2D eigenvalue weighted by atomic mass is 10.1. The van der Waals surface area contributed by atoms with Crippen LogP contribution < -0.4 is 9.46 Å². The van der Waals surface area contributed by atoms with Gasteiger partial charge in [-0.25, -0.2) is 18.1 Å². The minimum Gasteiger partial charge on any atom is -0.480 e. The molecule has 11 heteroatoms. The zero-order valence-electron chi connectivity index (χ0n) is 13.2. The Kier molecular flexibility index (Phi) is 3.93. The van der Waals surface area contributed by atoms with Crippen LogP contribution in [0.5, 0.6) is 5.88 Å². The van der Waals surface area contributed by atoms with Crippen LogP contribution in [0.1, 0.15) is 31.0 Å². The Bertz CT molecular complexity index is 904. The highest BCUT2D eigenvalue weighted by atomic mass is 32.2. The van der Waals surface area contributed by atoms with E-state index >= 15 is 0 Å². The molecule has 2 aromatic rings. The van der Waals surface area contributed by atoms with E-state index in [1.54, 1.807) is 0 Å². The third kappa shape index (κ3) is 3.41. The topological polar surface area (TPSA) is 94.3 Å². The zero-order valence-corrected chi connectivity index (χ0v) is 14.0. The molecule has 0 spiro atoms. The Balaban J connectivity index is 1.95. The highest BCUT2D eigenvalue weighted by Gasteiger charge is 2.42. The summed E-state index contributed by atoms with van der Waals surface area (Å²) in [7, 11) is -3.32. The number of pyridine rings is 1. The maximum Gasteiger partial charge on any atom is 0.417 e. The molecule has 0 saturated heterocycles. The van der Waals surface area contributed by atoms with Crippen LogP contribution in [0.15, 0.2) is 27.7 Å². The molecule has 136 valence electrons. The van der Waals surface area contributed by atoms with Gasteiger partial charge in [0.15, 0.2) is 0 Å². The lowest BCUT2D eigenvalue weighted by molar-refractivity contribution is -0.138. The molecule has 0 atom stereocenters. The molecule has 1 aliphatic carbocycles. The highest BCUT2D eigenvalue weighted by molar-refractivity contribution is 7.92. The van der Waals surface area contributed by atoms with Gasteiger partial charge in [-0.3, -0.25) is 0 Å². The fourth-order valence-electron chi connectivity index (χ4n) is 2.17. The largest absolute Gasteiger partial charge is 0.480 e. The number of hydrogen-bond acceptors (Lipinski definition) is 6. The number of rotatable bonds is 5. The first-order chi connectivity index (χ1) is 11.5. The van der Waals surface area contributed by atoms with Gasteiger partial charge in [0.05, 0.1) is 18.4 Å². The van der Waals surface area contributed by atoms with Crippen LogP contribution in [0.2, 0.25) is 0 Å². The van der Waals surface area contributed by atoms with Gasteiger partial charge in [-0.05, 0) is 18.9 Å². The lowest BCUT2D eigenvalue weighted by Crippen LogP contribution is -2.16. The number of methoxy groups -OCH3 is 1. The van der Waals surface area contributed by atoms with Gasteiger partial charge in [-0.2, -0.15) is 13.2 Å². The number of sulfonamides is 1. The highest BCUT2D eigenvalue weighted by Crippen LogP contribution is 2.47. The molecular weight excluding hydrogens is 363 g/mol. The predicted molar refractivity (Wildman–Crippen MR) is 79.7 cm³/mol. The van der Waals surface area contributed by atoms with E-state index in [0.29, 0.717) is 18.0 Å². The third-order valence-corrected chi connectivity index (χ3v) is 5.33. The second-order valence-electron chi connectivity index (χ2n) is 5.97. The summed E-state index contributed by atoms with van der Waals surface area (Å²) in [6.07, 6.45) is -2.45. The fraction of sp³-hybridized carbons (Fsp3) is 0.429. The van der Waals surface area contributed by atoms with Crippen LogP contribution in [0.3, 0.4) is 0 Å². The summed E-state index contributed by atoms with van der Waals surface area (Å²) < 4.78 is 75.2. The molecule has 0 amide bonds. The summed E-state index contributed by atoms with van der Waals surface area (Å²) >= 11 is 0. The van der Waals surface area contributed by atoms with Crippen molar-refractivity contribution in [2.24, 2.45) is 0 Å². The monoisotopic (exact) mass is 377 g/mol. The summed E-state index contributed by atoms with van der Waals surface area (Å²) in [6, 6.07) is 1.87. The molecule has 0 aliphatic heterocycles. The molecule has 0 radical (unpaired) electrons. The molecule has 0 unspecified atom stereocenters. The number of ether oxygens (including phenoxy) is 1. The predicted octanol–water partition coefficient (Wildman–Crippen LogP) is 2.95. The van der Waals surface area contributed by atoms with Gasteiger partial charge in [0.25, 0.3) is 10.0 Å². The second-order valence-corrected chi connectivity index (χ2v) is 7.62. The molecular formula is C14H14F3N3O4S. The van der Waals surface area contributed by atoms with Crippen molar-refractivity contribution < 1.29 is 30.8 Å². The van der Waals surface area contributed by atoms with Gasteiger partial charge in [0.1, 0.15) is 4.90 Å². The van der Waals surface area contributed by atoms with E-state index in [0.717, 1.165) is 20.0 Å². The van der Waals surface area contributed by atoms with E-state index in [1.807, 2.05) is 6.92 Å². The van der Waals surface area contributed by atoms with Crippen molar-refractivity contribution in [3.05, 3.63) is 29.6 Å². The molecule has 1 aliphatic rings. The number of anilines is 1. The number of halogens is 3. The first kappa shape index (κ1) is 17.5. The van der Waals surface area contributed by atoms with Gasteiger partial charge >= 0.3 is 6.18 Å². The average Bonchev–Trinajstić information content (AvgIpc) is 3.10. The number of nitrogens with one attached hydrogen (secondary N) is 1. The van der Waals surface area contributed by atoms with E-state index in [-0.39, 0.29) is 11.3 Å². The molecule has 3 rings (SSSR count). The van der Waals surface area contributed by atoms with Crippen molar-refractivity contribution in [2.45, 2.75) is 36.3 Å². The van der Waals surface area contributed by atoms with E-state index in [9.17, 15) is 21.6 Å². The fourth-order valence-corrected chi connectivity index (χ4v) is 3.29. The van der Waals surface area contributed by atoms with E-state index < -0.39 is 32.5 Å². The minimum absolute atomic E-state index is 0.150. The summed E-state index contributed by atoms with van der Waals surface area (Å²) in [5.41, 5.74) is -0.778.